The molecule has 0 aliphatic carbocycles. The van der Waals surface area contributed by atoms with Gasteiger partial charge in [-0.25, -0.2) is 0 Å². The zero-order valence-corrected chi connectivity index (χ0v) is 13.1. The van der Waals surface area contributed by atoms with Crippen LogP contribution in [-0.4, -0.2) is 26.4 Å². The minimum atomic E-state index is -0.0844. The van der Waals surface area contributed by atoms with Gasteiger partial charge in [-0.15, -0.1) is 10.2 Å². The summed E-state index contributed by atoms with van der Waals surface area (Å²) in [5.74, 6) is 0.991. The molecule has 1 aromatic carbocycles. The predicted molar refractivity (Wildman–Crippen MR) is 85.3 cm³/mol. The number of anilines is 2. The summed E-state index contributed by atoms with van der Waals surface area (Å²) in [6.07, 6.45) is 0. The first kappa shape index (κ1) is 15.4. The van der Waals surface area contributed by atoms with Crippen LogP contribution < -0.4 is 11.1 Å². The number of aromatic nitrogens is 3. The normalized spacial score (nSPS) is 10.9. The van der Waals surface area contributed by atoms with E-state index in [4.69, 9.17) is 5.73 Å². The highest BCUT2D eigenvalue weighted by Crippen LogP contribution is 2.19. The first-order valence-electron chi connectivity index (χ1n) is 6.65. The number of hydrogen-bond acceptors (Lipinski definition) is 5. The summed E-state index contributed by atoms with van der Waals surface area (Å²) in [4.78, 5) is 11.9. The summed E-state index contributed by atoms with van der Waals surface area (Å²) in [7, 11) is 1.76. The third-order valence-corrected chi connectivity index (χ3v) is 4.08. The number of carbonyl (C=O) groups is 1. The zero-order valence-electron chi connectivity index (χ0n) is 12.3. The van der Waals surface area contributed by atoms with E-state index in [0.29, 0.717) is 17.0 Å². The second-order valence-electron chi connectivity index (χ2n) is 5.01. The van der Waals surface area contributed by atoms with Crippen LogP contribution in [0.25, 0.3) is 0 Å². The van der Waals surface area contributed by atoms with Crippen molar-refractivity contribution in [2.24, 2.45) is 7.05 Å². The van der Waals surface area contributed by atoms with Crippen LogP contribution in [0.5, 0.6) is 0 Å². The van der Waals surface area contributed by atoms with Crippen LogP contribution in [0.2, 0.25) is 0 Å². The highest BCUT2D eigenvalue weighted by atomic mass is 32.2. The van der Waals surface area contributed by atoms with E-state index < -0.39 is 0 Å². The third-order valence-electron chi connectivity index (χ3n) is 3.06. The lowest BCUT2D eigenvalue weighted by Crippen LogP contribution is -2.14. The number of nitrogens with one attached hydrogen (secondary N) is 1. The molecule has 0 spiro atoms. The van der Waals surface area contributed by atoms with Crippen LogP contribution in [0.4, 0.5) is 11.6 Å². The summed E-state index contributed by atoms with van der Waals surface area (Å²) in [6.45, 7) is 4.27. The first-order chi connectivity index (χ1) is 9.97. The fourth-order valence-corrected chi connectivity index (χ4v) is 2.45. The fourth-order valence-electron chi connectivity index (χ4n) is 1.73. The van der Waals surface area contributed by atoms with Crippen molar-refractivity contribution in [3.05, 3.63) is 29.8 Å². The molecule has 6 nitrogen and oxygen atoms in total. The Morgan fingerprint density at radius 1 is 1.33 bits per heavy atom. The van der Waals surface area contributed by atoms with Crippen molar-refractivity contribution in [1.29, 1.82) is 0 Å². The molecule has 21 heavy (non-hydrogen) atoms. The minimum absolute atomic E-state index is 0.0844. The average Bonchev–Trinajstić information content (AvgIpc) is 2.77. The number of nitrogen functional groups attached to an aromatic ring is 1. The lowest BCUT2D eigenvalue weighted by Gasteiger charge is -2.08. The second kappa shape index (κ2) is 6.62. The molecular formula is C14H19N5OS. The van der Waals surface area contributed by atoms with Crippen LogP contribution >= 0.6 is 11.8 Å². The maximum atomic E-state index is 11.9. The van der Waals surface area contributed by atoms with Gasteiger partial charge in [-0.05, 0) is 23.6 Å². The van der Waals surface area contributed by atoms with E-state index >= 15 is 0 Å². The molecule has 1 aromatic heterocycles. The molecule has 0 saturated heterocycles. The maximum absolute atomic E-state index is 11.9. The molecule has 2 aromatic rings. The molecule has 0 aliphatic heterocycles. The lowest BCUT2D eigenvalue weighted by atomic mass is 10.0. The molecule has 0 unspecified atom stereocenters. The standard InChI is InChI=1S/C14H19N5OS/c1-9(2)10-4-6-11(7-5-10)16-12(20)8-21-14-18-17-13(15)19(14)3/h4-7,9H,8H2,1-3H3,(H2,15,17)(H,16,20). The van der Waals surface area contributed by atoms with E-state index in [2.05, 4.69) is 29.4 Å². The van der Waals surface area contributed by atoms with Crippen molar-refractivity contribution in [2.45, 2.75) is 24.9 Å². The summed E-state index contributed by atoms with van der Waals surface area (Å²) in [6, 6.07) is 7.88. The van der Waals surface area contributed by atoms with Gasteiger partial charge in [0.1, 0.15) is 0 Å². The molecule has 0 bridgehead atoms. The molecule has 0 radical (unpaired) electrons. The smallest absolute Gasteiger partial charge is 0.234 e. The van der Waals surface area contributed by atoms with E-state index in [1.165, 1.54) is 17.3 Å². The number of carbonyl (C=O) groups excluding carboxylic acids is 1. The number of hydrogen-bond donors (Lipinski definition) is 2. The average molecular weight is 305 g/mol. The number of benzene rings is 1. The number of nitrogens with zero attached hydrogens (tertiary/aromatic N) is 3. The summed E-state index contributed by atoms with van der Waals surface area (Å²) in [5.41, 5.74) is 7.63. The molecule has 7 heteroatoms. The SMILES string of the molecule is CC(C)c1ccc(NC(=O)CSc2nnc(N)n2C)cc1. The number of thioether (sulfide) groups is 1. The van der Waals surface area contributed by atoms with Crippen LogP contribution in [0.15, 0.2) is 29.4 Å². The number of rotatable bonds is 5. The molecule has 0 aliphatic rings. The van der Waals surface area contributed by atoms with Crippen molar-refractivity contribution < 1.29 is 4.79 Å². The molecule has 112 valence electrons. The van der Waals surface area contributed by atoms with Crippen LogP contribution in [0.1, 0.15) is 25.3 Å². The Hall–Kier alpha value is -2.02. The minimum Gasteiger partial charge on any atom is -0.368 e. The van der Waals surface area contributed by atoms with Gasteiger partial charge in [0.25, 0.3) is 0 Å². The molecule has 1 amide bonds. The van der Waals surface area contributed by atoms with Crippen molar-refractivity contribution in [2.75, 3.05) is 16.8 Å². The van der Waals surface area contributed by atoms with Crippen molar-refractivity contribution >= 4 is 29.3 Å². The Bertz CT molecular complexity index is 621. The van der Waals surface area contributed by atoms with Crippen LogP contribution in [0.3, 0.4) is 0 Å². The Morgan fingerprint density at radius 3 is 2.52 bits per heavy atom. The Kier molecular flexibility index (Phi) is 4.85. The van der Waals surface area contributed by atoms with Gasteiger partial charge in [0.05, 0.1) is 5.75 Å². The third kappa shape index (κ3) is 3.98. The molecule has 2 rings (SSSR count). The first-order valence-corrected chi connectivity index (χ1v) is 7.63. The second-order valence-corrected chi connectivity index (χ2v) is 5.96. The van der Waals surface area contributed by atoms with E-state index in [9.17, 15) is 4.79 Å². The summed E-state index contributed by atoms with van der Waals surface area (Å²) in [5, 5.41) is 11.1. The molecule has 0 saturated carbocycles. The zero-order chi connectivity index (χ0) is 15.4. The van der Waals surface area contributed by atoms with Gasteiger partial charge in [-0.1, -0.05) is 37.7 Å². The summed E-state index contributed by atoms with van der Waals surface area (Å²) >= 11 is 1.30. The molecular weight excluding hydrogens is 286 g/mol. The number of nitrogens with two attached hydrogens (primary N) is 1. The molecule has 1 heterocycles. The van der Waals surface area contributed by atoms with Crippen molar-refractivity contribution in [3.8, 4) is 0 Å². The van der Waals surface area contributed by atoms with Crippen molar-refractivity contribution in [3.63, 3.8) is 0 Å². The van der Waals surface area contributed by atoms with E-state index in [-0.39, 0.29) is 11.7 Å². The Balaban J connectivity index is 1.88. The Morgan fingerprint density at radius 2 is 2.00 bits per heavy atom. The fraction of sp³-hybridized carbons (Fsp3) is 0.357. The Labute approximate surface area is 128 Å². The van der Waals surface area contributed by atoms with Gasteiger partial charge in [-0.3, -0.25) is 9.36 Å². The van der Waals surface area contributed by atoms with Gasteiger partial charge in [0, 0.05) is 12.7 Å². The lowest BCUT2D eigenvalue weighted by molar-refractivity contribution is -0.113. The van der Waals surface area contributed by atoms with Crippen LogP contribution in [0, 0.1) is 0 Å². The van der Waals surface area contributed by atoms with E-state index in [1.54, 1.807) is 11.6 Å². The molecule has 3 N–H and O–H groups in total. The predicted octanol–water partition coefficient (Wildman–Crippen LogP) is 2.25. The van der Waals surface area contributed by atoms with Crippen LogP contribution in [-0.2, 0) is 11.8 Å². The van der Waals surface area contributed by atoms with Gasteiger partial charge >= 0.3 is 0 Å². The van der Waals surface area contributed by atoms with E-state index in [1.807, 2.05) is 24.3 Å². The largest absolute Gasteiger partial charge is 0.368 e. The highest BCUT2D eigenvalue weighted by molar-refractivity contribution is 7.99. The molecule has 0 fully saturated rings. The van der Waals surface area contributed by atoms with Gasteiger partial charge < -0.3 is 11.1 Å². The van der Waals surface area contributed by atoms with E-state index in [0.717, 1.165) is 5.69 Å². The quantitative estimate of drug-likeness (QED) is 0.827. The summed E-state index contributed by atoms with van der Waals surface area (Å²) < 4.78 is 1.65. The van der Waals surface area contributed by atoms with Gasteiger partial charge in [0.2, 0.25) is 11.9 Å². The topological polar surface area (TPSA) is 85.8 Å². The van der Waals surface area contributed by atoms with Gasteiger partial charge in [-0.2, -0.15) is 0 Å². The highest BCUT2D eigenvalue weighted by Gasteiger charge is 2.09. The molecule has 0 atom stereocenters. The van der Waals surface area contributed by atoms with Crippen molar-refractivity contribution in [1.82, 2.24) is 14.8 Å². The van der Waals surface area contributed by atoms with Gasteiger partial charge in [0.15, 0.2) is 5.16 Å². The maximum Gasteiger partial charge on any atom is 0.234 e. The number of amides is 1. The monoisotopic (exact) mass is 305 g/mol.